The van der Waals surface area contributed by atoms with Crippen molar-refractivity contribution >= 4 is 5.91 Å². The van der Waals surface area contributed by atoms with E-state index in [4.69, 9.17) is 4.74 Å². The lowest BCUT2D eigenvalue weighted by Crippen LogP contribution is -2.39. The monoisotopic (exact) mass is 212 g/mol. The van der Waals surface area contributed by atoms with Crippen LogP contribution in [0.3, 0.4) is 0 Å². The van der Waals surface area contributed by atoms with E-state index in [1.807, 2.05) is 11.8 Å². The average molecular weight is 212 g/mol. The molecule has 2 saturated heterocycles. The largest absolute Gasteiger partial charge is 0.381 e. The summed E-state index contributed by atoms with van der Waals surface area (Å²) in [4.78, 5) is 13.9. The van der Waals surface area contributed by atoms with E-state index in [1.54, 1.807) is 0 Å². The molecule has 2 unspecified atom stereocenters. The Morgan fingerprint density at radius 1 is 1.53 bits per heavy atom. The predicted octanol–water partition coefficient (Wildman–Crippen LogP) is 0.233. The lowest BCUT2D eigenvalue weighted by molar-refractivity contribution is -0.129. The first-order valence-electron chi connectivity index (χ1n) is 5.91. The Balaban J connectivity index is 1.81. The van der Waals surface area contributed by atoms with E-state index < -0.39 is 0 Å². The summed E-state index contributed by atoms with van der Waals surface area (Å²) >= 11 is 0. The molecule has 0 aromatic heterocycles. The number of rotatable bonds is 4. The standard InChI is InChI=1S/C11H20N2O2/c1-2-12-10-3-5-13(11(10)14)7-9-4-6-15-8-9/h9-10,12H,2-8H2,1H3. The van der Waals surface area contributed by atoms with Gasteiger partial charge in [0, 0.05) is 25.6 Å². The Bertz CT molecular complexity index is 227. The number of hydrogen-bond donors (Lipinski definition) is 1. The predicted molar refractivity (Wildman–Crippen MR) is 57.6 cm³/mol. The molecule has 2 aliphatic rings. The minimum absolute atomic E-state index is 0.0670. The van der Waals surface area contributed by atoms with Gasteiger partial charge in [-0.05, 0) is 19.4 Å². The SMILES string of the molecule is CCNC1CCN(CC2CCOC2)C1=O. The van der Waals surface area contributed by atoms with Gasteiger partial charge in [-0.2, -0.15) is 0 Å². The number of nitrogens with one attached hydrogen (secondary N) is 1. The summed E-state index contributed by atoms with van der Waals surface area (Å²) in [5.74, 6) is 0.845. The van der Waals surface area contributed by atoms with Gasteiger partial charge in [-0.1, -0.05) is 6.92 Å². The summed E-state index contributed by atoms with van der Waals surface area (Å²) in [6.07, 6.45) is 2.07. The van der Waals surface area contributed by atoms with Crippen LogP contribution in [0.5, 0.6) is 0 Å². The molecule has 4 nitrogen and oxygen atoms in total. The molecule has 2 atom stereocenters. The fraction of sp³-hybridized carbons (Fsp3) is 0.909. The molecule has 86 valence electrons. The highest BCUT2D eigenvalue weighted by Crippen LogP contribution is 2.18. The highest BCUT2D eigenvalue weighted by atomic mass is 16.5. The van der Waals surface area contributed by atoms with Crippen LogP contribution in [-0.2, 0) is 9.53 Å². The van der Waals surface area contributed by atoms with Crippen LogP contribution in [0.25, 0.3) is 0 Å². The van der Waals surface area contributed by atoms with Crippen LogP contribution in [-0.4, -0.2) is 49.7 Å². The second-order valence-corrected chi connectivity index (χ2v) is 4.41. The number of carbonyl (C=O) groups excluding carboxylic acids is 1. The summed E-state index contributed by atoms with van der Waals surface area (Å²) in [5, 5.41) is 3.23. The second kappa shape index (κ2) is 4.94. The normalized spacial score (nSPS) is 31.5. The van der Waals surface area contributed by atoms with E-state index in [2.05, 4.69) is 5.32 Å². The maximum absolute atomic E-state index is 11.9. The van der Waals surface area contributed by atoms with E-state index in [-0.39, 0.29) is 11.9 Å². The van der Waals surface area contributed by atoms with E-state index in [0.29, 0.717) is 5.92 Å². The molecule has 0 aromatic rings. The van der Waals surface area contributed by atoms with Crippen molar-refractivity contribution in [2.45, 2.75) is 25.8 Å². The number of likely N-dealkylation sites (tertiary alicyclic amines) is 1. The topological polar surface area (TPSA) is 41.6 Å². The molecule has 2 fully saturated rings. The number of likely N-dealkylation sites (N-methyl/N-ethyl adjacent to an activating group) is 1. The number of ether oxygens (including phenoxy) is 1. The molecule has 4 heteroatoms. The lowest BCUT2D eigenvalue weighted by atomic mass is 10.1. The molecule has 1 amide bonds. The Kier molecular flexibility index (Phi) is 3.59. The molecule has 0 bridgehead atoms. The molecule has 0 aliphatic carbocycles. The third kappa shape index (κ3) is 2.49. The summed E-state index contributed by atoms with van der Waals surface area (Å²) in [5.41, 5.74) is 0. The Labute approximate surface area is 91.0 Å². The zero-order valence-corrected chi connectivity index (χ0v) is 9.37. The van der Waals surface area contributed by atoms with Gasteiger partial charge in [0.1, 0.15) is 0 Å². The number of nitrogens with zero attached hydrogens (tertiary/aromatic N) is 1. The summed E-state index contributed by atoms with van der Waals surface area (Å²) < 4.78 is 5.32. The van der Waals surface area contributed by atoms with Crippen LogP contribution in [0.2, 0.25) is 0 Å². The van der Waals surface area contributed by atoms with E-state index in [0.717, 1.165) is 45.7 Å². The average Bonchev–Trinajstić information content (AvgIpc) is 2.83. The van der Waals surface area contributed by atoms with Gasteiger partial charge in [0.25, 0.3) is 0 Å². The van der Waals surface area contributed by atoms with E-state index in [1.165, 1.54) is 0 Å². The third-order valence-corrected chi connectivity index (χ3v) is 3.25. The van der Waals surface area contributed by atoms with Gasteiger partial charge in [0.05, 0.1) is 12.6 Å². The minimum Gasteiger partial charge on any atom is -0.381 e. The van der Waals surface area contributed by atoms with Crippen LogP contribution in [0.15, 0.2) is 0 Å². The van der Waals surface area contributed by atoms with Gasteiger partial charge >= 0.3 is 0 Å². The van der Waals surface area contributed by atoms with Crippen LogP contribution >= 0.6 is 0 Å². The minimum atomic E-state index is 0.0670. The molecule has 0 saturated carbocycles. The van der Waals surface area contributed by atoms with Crippen molar-refractivity contribution in [3.8, 4) is 0 Å². The quantitative estimate of drug-likeness (QED) is 0.725. The Morgan fingerprint density at radius 3 is 3.07 bits per heavy atom. The molecule has 0 spiro atoms. The maximum atomic E-state index is 11.9. The molecule has 2 rings (SSSR count). The second-order valence-electron chi connectivity index (χ2n) is 4.41. The van der Waals surface area contributed by atoms with Crippen LogP contribution in [0, 0.1) is 5.92 Å². The van der Waals surface area contributed by atoms with Gasteiger partial charge in [-0.3, -0.25) is 4.79 Å². The third-order valence-electron chi connectivity index (χ3n) is 3.25. The Morgan fingerprint density at radius 2 is 2.40 bits per heavy atom. The molecule has 1 N–H and O–H groups in total. The summed E-state index contributed by atoms with van der Waals surface area (Å²) in [6, 6.07) is 0.0670. The molecule has 0 radical (unpaired) electrons. The molecule has 0 aromatic carbocycles. The summed E-state index contributed by atoms with van der Waals surface area (Å²) in [6.45, 7) is 6.41. The molecule has 2 aliphatic heterocycles. The molecular formula is C11H20N2O2. The van der Waals surface area contributed by atoms with Gasteiger partial charge in [0.15, 0.2) is 0 Å². The van der Waals surface area contributed by atoms with Crippen molar-refractivity contribution in [2.75, 3.05) is 32.8 Å². The zero-order valence-electron chi connectivity index (χ0n) is 9.37. The van der Waals surface area contributed by atoms with Crippen molar-refractivity contribution in [1.29, 1.82) is 0 Å². The van der Waals surface area contributed by atoms with Crippen molar-refractivity contribution in [2.24, 2.45) is 5.92 Å². The summed E-state index contributed by atoms with van der Waals surface area (Å²) in [7, 11) is 0. The fourth-order valence-electron chi connectivity index (χ4n) is 2.40. The van der Waals surface area contributed by atoms with Crippen molar-refractivity contribution in [3.05, 3.63) is 0 Å². The first-order chi connectivity index (χ1) is 7.31. The van der Waals surface area contributed by atoms with Crippen molar-refractivity contribution in [3.63, 3.8) is 0 Å². The highest BCUT2D eigenvalue weighted by Gasteiger charge is 2.32. The van der Waals surface area contributed by atoms with Crippen LogP contribution in [0.1, 0.15) is 19.8 Å². The maximum Gasteiger partial charge on any atom is 0.239 e. The van der Waals surface area contributed by atoms with Crippen LogP contribution < -0.4 is 5.32 Å². The van der Waals surface area contributed by atoms with Gasteiger partial charge in [-0.25, -0.2) is 0 Å². The molecule has 15 heavy (non-hydrogen) atoms. The highest BCUT2D eigenvalue weighted by molar-refractivity contribution is 5.83. The number of carbonyl (C=O) groups is 1. The van der Waals surface area contributed by atoms with Crippen LogP contribution in [0.4, 0.5) is 0 Å². The van der Waals surface area contributed by atoms with Gasteiger partial charge < -0.3 is 15.0 Å². The zero-order chi connectivity index (χ0) is 10.7. The Hall–Kier alpha value is -0.610. The fourth-order valence-corrected chi connectivity index (χ4v) is 2.40. The first-order valence-corrected chi connectivity index (χ1v) is 5.91. The van der Waals surface area contributed by atoms with E-state index in [9.17, 15) is 4.79 Å². The number of hydrogen-bond acceptors (Lipinski definition) is 3. The van der Waals surface area contributed by atoms with Crippen molar-refractivity contribution in [1.82, 2.24) is 10.2 Å². The molecule has 2 heterocycles. The van der Waals surface area contributed by atoms with Gasteiger partial charge in [-0.15, -0.1) is 0 Å². The smallest absolute Gasteiger partial charge is 0.239 e. The first kappa shape index (κ1) is 10.9. The van der Waals surface area contributed by atoms with Crippen molar-refractivity contribution < 1.29 is 9.53 Å². The van der Waals surface area contributed by atoms with E-state index >= 15 is 0 Å². The molecular weight excluding hydrogens is 192 g/mol. The lowest BCUT2D eigenvalue weighted by Gasteiger charge is -2.20. The van der Waals surface area contributed by atoms with Gasteiger partial charge in [0.2, 0.25) is 5.91 Å². The number of amides is 1.